The maximum absolute atomic E-state index is 10.5. The fourth-order valence-corrected chi connectivity index (χ4v) is 0.753. The summed E-state index contributed by atoms with van der Waals surface area (Å²) < 4.78 is 0.608. The van der Waals surface area contributed by atoms with Crippen molar-refractivity contribution in [3.63, 3.8) is 0 Å². The Balaban J connectivity index is 3.16. The minimum absolute atomic E-state index is 0.147. The van der Waals surface area contributed by atoms with E-state index in [1.165, 1.54) is 0 Å². The van der Waals surface area contributed by atoms with Crippen LogP contribution in [0.1, 0.15) is 10.5 Å². The Kier molecular flexibility index (Phi) is 2.21. The average molecular weight is 194 g/mol. The number of hydrogen-bond donors (Lipinski definition) is 0. The molecule has 0 unspecified atom stereocenters. The topological polar surface area (TPSA) is 64.8 Å². The van der Waals surface area contributed by atoms with Crippen molar-refractivity contribution >= 4 is 33.8 Å². The molecule has 1 rings (SSSR count). The molecular weight excluding hydrogens is 193 g/mol. The third kappa shape index (κ3) is 1.55. The first-order chi connectivity index (χ1) is 5.13. The lowest BCUT2D eigenvalue weighted by Crippen LogP contribution is -2.10. The summed E-state index contributed by atoms with van der Waals surface area (Å²) in [6.07, 6.45) is 1.05. The molecule has 0 saturated heterocycles. The highest BCUT2D eigenvalue weighted by molar-refractivity contribution is 6.68. The highest BCUT2D eigenvalue weighted by Gasteiger charge is 2.14. The Morgan fingerprint density at radius 3 is 2.45 bits per heavy atom. The lowest BCUT2D eigenvalue weighted by Gasteiger charge is -1.91. The van der Waals surface area contributed by atoms with E-state index in [0.717, 1.165) is 6.20 Å². The van der Waals surface area contributed by atoms with E-state index in [2.05, 4.69) is 10.3 Å². The van der Waals surface area contributed by atoms with Crippen molar-refractivity contribution in [3.05, 3.63) is 11.9 Å². The molecule has 0 N–H and O–H groups in total. The van der Waals surface area contributed by atoms with E-state index >= 15 is 0 Å². The molecular formula is C4HCl2N3O2. The van der Waals surface area contributed by atoms with Crippen LogP contribution in [-0.2, 0) is 0 Å². The van der Waals surface area contributed by atoms with E-state index in [1.54, 1.807) is 0 Å². The van der Waals surface area contributed by atoms with Crippen molar-refractivity contribution in [2.75, 3.05) is 0 Å². The van der Waals surface area contributed by atoms with Gasteiger partial charge in [0, 0.05) is 0 Å². The van der Waals surface area contributed by atoms with E-state index in [-0.39, 0.29) is 5.69 Å². The smallest absolute Gasteiger partial charge is 0.274 e. The quantitative estimate of drug-likeness (QED) is 0.622. The summed E-state index contributed by atoms with van der Waals surface area (Å²) in [5, 5.41) is 4.73. The summed E-state index contributed by atoms with van der Waals surface area (Å²) in [5.41, 5.74) is -0.147. The van der Waals surface area contributed by atoms with Crippen molar-refractivity contribution in [2.45, 2.75) is 0 Å². The van der Waals surface area contributed by atoms with Gasteiger partial charge in [-0.25, -0.2) is 0 Å². The summed E-state index contributed by atoms with van der Waals surface area (Å²) in [7, 11) is 0. The van der Waals surface area contributed by atoms with E-state index in [9.17, 15) is 9.59 Å². The van der Waals surface area contributed by atoms with Gasteiger partial charge < -0.3 is 0 Å². The lowest BCUT2D eigenvalue weighted by atomic mass is 10.5. The maximum atomic E-state index is 10.5. The minimum atomic E-state index is -0.925. The zero-order valence-corrected chi connectivity index (χ0v) is 6.50. The van der Waals surface area contributed by atoms with Crippen LogP contribution in [0.3, 0.4) is 0 Å². The van der Waals surface area contributed by atoms with E-state index in [1.807, 2.05) is 0 Å². The summed E-state index contributed by atoms with van der Waals surface area (Å²) in [4.78, 5) is 20.9. The van der Waals surface area contributed by atoms with Crippen LogP contribution in [0, 0.1) is 0 Å². The van der Waals surface area contributed by atoms with Crippen LogP contribution in [0.4, 0.5) is 4.79 Å². The Morgan fingerprint density at radius 1 is 1.45 bits per heavy atom. The van der Waals surface area contributed by atoms with Gasteiger partial charge in [-0.1, -0.05) is 5.21 Å². The first kappa shape index (κ1) is 8.16. The molecule has 0 spiro atoms. The van der Waals surface area contributed by atoms with Gasteiger partial charge >= 0.3 is 5.37 Å². The Hall–Kier alpha value is -0.940. The standard InChI is InChI=1S/C4HCl2N3O2/c5-3(10)2-1-7-8-9(2)4(6)11/h1H. The van der Waals surface area contributed by atoms with Gasteiger partial charge in [-0.2, -0.15) is 4.68 Å². The van der Waals surface area contributed by atoms with Gasteiger partial charge in [0.05, 0.1) is 6.20 Å². The van der Waals surface area contributed by atoms with E-state index in [4.69, 9.17) is 23.2 Å². The second kappa shape index (κ2) is 2.98. The molecule has 7 heteroatoms. The molecule has 0 atom stereocenters. The van der Waals surface area contributed by atoms with Crippen molar-refractivity contribution in [1.29, 1.82) is 0 Å². The van der Waals surface area contributed by atoms with Crippen LogP contribution in [0.5, 0.6) is 0 Å². The third-order valence-corrected chi connectivity index (χ3v) is 1.27. The molecule has 0 radical (unpaired) electrons. The zero-order chi connectivity index (χ0) is 8.43. The van der Waals surface area contributed by atoms with Crippen LogP contribution < -0.4 is 0 Å². The van der Waals surface area contributed by atoms with Crippen LogP contribution >= 0.6 is 23.2 Å². The Morgan fingerprint density at radius 2 is 2.09 bits per heavy atom. The fraction of sp³-hybridized carbons (Fsp3) is 0. The van der Waals surface area contributed by atoms with Crippen LogP contribution in [-0.4, -0.2) is 25.6 Å². The van der Waals surface area contributed by atoms with Gasteiger partial charge in [0.2, 0.25) is 0 Å². The molecule has 0 aliphatic heterocycles. The molecule has 1 aromatic rings. The predicted molar refractivity (Wildman–Crippen MR) is 36.9 cm³/mol. The second-order valence-corrected chi connectivity index (χ2v) is 2.22. The highest BCUT2D eigenvalue weighted by atomic mass is 35.5. The summed E-state index contributed by atoms with van der Waals surface area (Å²) >= 11 is 10.0. The predicted octanol–water partition coefficient (Wildman–Crippen LogP) is 0.864. The normalized spacial score (nSPS) is 9.64. The molecule has 1 aromatic heterocycles. The van der Waals surface area contributed by atoms with Gasteiger partial charge in [0.1, 0.15) is 0 Å². The second-order valence-electron chi connectivity index (χ2n) is 1.56. The number of carbonyl (C=O) groups is 2. The average Bonchev–Trinajstić information content (AvgIpc) is 2.32. The molecule has 0 aliphatic rings. The maximum Gasteiger partial charge on any atom is 0.342 e. The number of carbonyl (C=O) groups excluding carboxylic acids is 2. The number of halogens is 2. The largest absolute Gasteiger partial charge is 0.342 e. The Labute approximate surface area is 70.9 Å². The van der Waals surface area contributed by atoms with Crippen molar-refractivity contribution in [2.24, 2.45) is 0 Å². The molecule has 58 valence electrons. The van der Waals surface area contributed by atoms with Crippen molar-refractivity contribution in [3.8, 4) is 0 Å². The van der Waals surface area contributed by atoms with Crippen LogP contribution in [0.25, 0.3) is 0 Å². The summed E-state index contributed by atoms with van der Waals surface area (Å²) in [5.74, 6) is 0. The third-order valence-electron chi connectivity index (χ3n) is 0.917. The molecule has 0 aromatic carbocycles. The lowest BCUT2D eigenvalue weighted by molar-refractivity contribution is 0.107. The molecule has 11 heavy (non-hydrogen) atoms. The van der Waals surface area contributed by atoms with Gasteiger partial charge in [-0.15, -0.1) is 5.10 Å². The van der Waals surface area contributed by atoms with Crippen molar-refractivity contribution < 1.29 is 9.59 Å². The SMILES string of the molecule is O=C(Cl)c1cnnn1C(=O)Cl. The molecule has 0 fully saturated rings. The first-order valence-corrected chi connectivity index (χ1v) is 3.19. The highest BCUT2D eigenvalue weighted by Crippen LogP contribution is 2.02. The first-order valence-electron chi connectivity index (χ1n) is 2.43. The number of hydrogen-bond acceptors (Lipinski definition) is 4. The van der Waals surface area contributed by atoms with E-state index in [0.29, 0.717) is 4.68 Å². The molecule has 0 aliphatic carbocycles. The minimum Gasteiger partial charge on any atom is -0.274 e. The molecule has 1 heterocycles. The van der Waals surface area contributed by atoms with Gasteiger partial charge in [-0.3, -0.25) is 9.59 Å². The zero-order valence-electron chi connectivity index (χ0n) is 4.99. The summed E-state index contributed by atoms with van der Waals surface area (Å²) in [6, 6.07) is 0. The summed E-state index contributed by atoms with van der Waals surface area (Å²) in [6.45, 7) is 0. The number of nitrogens with zero attached hydrogens (tertiary/aromatic N) is 3. The molecule has 0 saturated carbocycles. The Bertz CT molecular complexity index is 280. The number of rotatable bonds is 1. The molecule has 5 nitrogen and oxygen atoms in total. The van der Waals surface area contributed by atoms with Gasteiger partial charge in [0.15, 0.2) is 5.69 Å². The molecule has 0 amide bonds. The van der Waals surface area contributed by atoms with E-state index < -0.39 is 10.6 Å². The van der Waals surface area contributed by atoms with Gasteiger partial charge in [-0.05, 0) is 23.2 Å². The van der Waals surface area contributed by atoms with Crippen LogP contribution in [0.15, 0.2) is 6.20 Å². The fourth-order valence-electron chi connectivity index (χ4n) is 0.499. The van der Waals surface area contributed by atoms with Gasteiger partial charge in [0.25, 0.3) is 5.24 Å². The van der Waals surface area contributed by atoms with Crippen molar-refractivity contribution in [1.82, 2.24) is 15.0 Å². The van der Waals surface area contributed by atoms with Crippen LogP contribution in [0.2, 0.25) is 0 Å². The monoisotopic (exact) mass is 193 g/mol. The molecule has 0 bridgehead atoms. The number of aromatic nitrogens is 3.